The van der Waals surface area contributed by atoms with Crippen molar-refractivity contribution in [2.75, 3.05) is 0 Å². The van der Waals surface area contributed by atoms with Crippen molar-refractivity contribution in [2.24, 2.45) is 0 Å². The lowest BCUT2D eigenvalue weighted by molar-refractivity contribution is -0.261. The number of hydrogen-bond donors (Lipinski definition) is 0. The van der Waals surface area contributed by atoms with E-state index in [0.29, 0.717) is 13.2 Å². The molecule has 2 aromatic rings. The Kier molecular flexibility index (Phi) is 7.79. The van der Waals surface area contributed by atoms with E-state index in [9.17, 15) is 4.79 Å². The third kappa shape index (κ3) is 6.29. The first-order valence-corrected chi connectivity index (χ1v) is 12.9. The van der Waals surface area contributed by atoms with Crippen LogP contribution in [0.3, 0.4) is 0 Å². The van der Waals surface area contributed by atoms with Gasteiger partial charge in [-0.25, -0.2) is 0 Å². The normalized spacial score (nSPS) is 31.3. The van der Waals surface area contributed by atoms with E-state index in [0.717, 1.165) is 17.4 Å². The summed E-state index contributed by atoms with van der Waals surface area (Å²) in [5.41, 5.74) is 2.00. The SMILES string of the molecule is CC1(C)O[C@@H]2[C@H](O1)[C@H]1OC(C)(C)O[C@H]1O[C@@H]2[C@H](C[C@H](C=O)OCc1ccccc1)OCc1ccccc1. The maximum atomic E-state index is 12.1. The lowest BCUT2D eigenvalue weighted by atomic mass is 9.93. The molecule has 3 aliphatic heterocycles. The highest BCUT2D eigenvalue weighted by Crippen LogP contribution is 2.45. The molecule has 0 saturated carbocycles. The first-order chi connectivity index (χ1) is 17.7. The molecule has 0 bridgehead atoms. The number of fused-ring (bicyclic) bond motifs is 3. The number of hydrogen-bond acceptors (Lipinski definition) is 8. The summed E-state index contributed by atoms with van der Waals surface area (Å²) in [6, 6.07) is 19.6. The zero-order chi connectivity index (χ0) is 26.0. The molecule has 200 valence electrons. The van der Waals surface area contributed by atoms with Crippen LogP contribution in [0.15, 0.2) is 60.7 Å². The molecule has 8 heteroatoms. The van der Waals surface area contributed by atoms with Crippen molar-refractivity contribution in [3.8, 4) is 0 Å². The summed E-state index contributed by atoms with van der Waals surface area (Å²) in [6.45, 7) is 8.10. The van der Waals surface area contributed by atoms with Crippen LogP contribution in [0.2, 0.25) is 0 Å². The molecule has 2 aromatic carbocycles. The predicted octanol–water partition coefficient (Wildman–Crippen LogP) is 4.14. The van der Waals surface area contributed by atoms with E-state index in [1.54, 1.807) is 0 Å². The molecular weight excluding hydrogens is 476 g/mol. The third-order valence-corrected chi connectivity index (χ3v) is 6.79. The average Bonchev–Trinajstić information content (AvgIpc) is 3.38. The summed E-state index contributed by atoms with van der Waals surface area (Å²) in [4.78, 5) is 12.1. The maximum Gasteiger partial charge on any atom is 0.190 e. The second-order valence-electron chi connectivity index (χ2n) is 10.7. The van der Waals surface area contributed by atoms with Gasteiger partial charge in [-0.1, -0.05) is 60.7 Å². The second-order valence-corrected chi connectivity index (χ2v) is 10.7. The number of carbonyl (C=O) groups excluding carboxylic acids is 1. The summed E-state index contributed by atoms with van der Waals surface area (Å²) in [5, 5.41) is 0. The minimum absolute atomic E-state index is 0.280. The highest BCUT2D eigenvalue weighted by molar-refractivity contribution is 5.56. The van der Waals surface area contributed by atoms with Gasteiger partial charge >= 0.3 is 0 Å². The van der Waals surface area contributed by atoms with E-state index in [4.69, 9.17) is 33.2 Å². The summed E-state index contributed by atoms with van der Waals surface area (Å²) in [5.74, 6) is -1.66. The van der Waals surface area contributed by atoms with Gasteiger partial charge in [0.05, 0.1) is 19.3 Å². The van der Waals surface area contributed by atoms with Crippen molar-refractivity contribution in [3.63, 3.8) is 0 Å². The Hall–Kier alpha value is -2.17. The highest BCUT2D eigenvalue weighted by atomic mass is 16.9. The fraction of sp³-hybridized carbons (Fsp3) is 0.552. The van der Waals surface area contributed by atoms with Gasteiger partial charge in [0.2, 0.25) is 0 Å². The third-order valence-electron chi connectivity index (χ3n) is 6.79. The van der Waals surface area contributed by atoms with Gasteiger partial charge in [-0.05, 0) is 38.8 Å². The molecule has 37 heavy (non-hydrogen) atoms. The van der Waals surface area contributed by atoms with E-state index < -0.39 is 54.5 Å². The molecule has 7 atom stereocenters. The molecule has 3 fully saturated rings. The Morgan fingerprint density at radius 3 is 1.92 bits per heavy atom. The zero-order valence-corrected chi connectivity index (χ0v) is 21.8. The number of benzene rings is 2. The molecule has 0 amide bonds. The van der Waals surface area contributed by atoms with Gasteiger partial charge in [-0.2, -0.15) is 0 Å². The molecule has 0 spiro atoms. The van der Waals surface area contributed by atoms with Crippen LogP contribution in [-0.2, 0) is 51.2 Å². The summed E-state index contributed by atoms with van der Waals surface area (Å²) < 4.78 is 43.7. The summed E-state index contributed by atoms with van der Waals surface area (Å²) in [6.07, 6.45) is -2.69. The molecular formula is C29H36O8. The Bertz CT molecular complexity index is 1030. The highest BCUT2D eigenvalue weighted by Gasteiger charge is 2.62. The molecule has 8 nitrogen and oxygen atoms in total. The monoisotopic (exact) mass is 512 g/mol. The lowest BCUT2D eigenvalue weighted by Gasteiger charge is -2.41. The van der Waals surface area contributed by atoms with Gasteiger partial charge in [0, 0.05) is 6.42 Å². The van der Waals surface area contributed by atoms with Crippen LogP contribution in [0, 0.1) is 0 Å². The quantitative estimate of drug-likeness (QED) is 0.440. The van der Waals surface area contributed by atoms with Crippen LogP contribution < -0.4 is 0 Å². The van der Waals surface area contributed by atoms with Crippen molar-refractivity contribution >= 4 is 6.29 Å². The smallest absolute Gasteiger partial charge is 0.190 e. The number of aldehydes is 1. The maximum absolute atomic E-state index is 12.1. The van der Waals surface area contributed by atoms with Crippen LogP contribution in [0.5, 0.6) is 0 Å². The van der Waals surface area contributed by atoms with Crippen molar-refractivity contribution < 1.29 is 38.0 Å². The minimum atomic E-state index is -0.834. The number of ether oxygens (including phenoxy) is 7. The van der Waals surface area contributed by atoms with Crippen molar-refractivity contribution in [1.82, 2.24) is 0 Å². The fourth-order valence-corrected chi connectivity index (χ4v) is 5.19. The standard InChI is InChI=1S/C29H36O8/c1-28(2)34-24-23(33-27-26(25(24)35-28)36-29(3,4)37-27)22(32-18-20-13-9-6-10-14-20)15-21(16-30)31-17-19-11-7-5-8-12-19/h5-14,16,21-27H,15,17-18H2,1-4H3/t21-,22+,23-,24+,25+,26-,27-/m1/s1. The summed E-state index contributed by atoms with van der Waals surface area (Å²) in [7, 11) is 0. The molecule has 3 saturated heterocycles. The van der Waals surface area contributed by atoms with Crippen LogP contribution in [0.25, 0.3) is 0 Å². The molecule has 3 heterocycles. The molecule has 0 radical (unpaired) electrons. The van der Waals surface area contributed by atoms with E-state index >= 15 is 0 Å². The summed E-state index contributed by atoms with van der Waals surface area (Å²) >= 11 is 0. The van der Waals surface area contributed by atoms with Crippen LogP contribution in [0.4, 0.5) is 0 Å². The van der Waals surface area contributed by atoms with Crippen LogP contribution in [0.1, 0.15) is 45.2 Å². The predicted molar refractivity (Wildman–Crippen MR) is 133 cm³/mol. The van der Waals surface area contributed by atoms with Crippen molar-refractivity contribution in [2.45, 2.75) is 102 Å². The molecule has 3 aliphatic rings. The molecule has 0 aromatic heterocycles. The fourth-order valence-electron chi connectivity index (χ4n) is 5.19. The van der Waals surface area contributed by atoms with E-state index in [2.05, 4.69) is 0 Å². The van der Waals surface area contributed by atoms with Gasteiger partial charge in [-0.3, -0.25) is 0 Å². The Balaban J connectivity index is 1.37. The van der Waals surface area contributed by atoms with Gasteiger partial charge in [0.15, 0.2) is 17.9 Å². The van der Waals surface area contributed by atoms with E-state index in [1.807, 2.05) is 88.4 Å². The first-order valence-electron chi connectivity index (χ1n) is 12.9. The Morgan fingerprint density at radius 1 is 0.757 bits per heavy atom. The van der Waals surface area contributed by atoms with Crippen molar-refractivity contribution in [1.29, 1.82) is 0 Å². The van der Waals surface area contributed by atoms with Crippen LogP contribution in [-0.4, -0.2) is 60.8 Å². The topological polar surface area (TPSA) is 81.7 Å². The van der Waals surface area contributed by atoms with Gasteiger partial charge in [-0.15, -0.1) is 0 Å². The van der Waals surface area contributed by atoms with Gasteiger partial charge in [0.1, 0.15) is 36.8 Å². The molecule has 0 N–H and O–H groups in total. The Morgan fingerprint density at radius 2 is 1.30 bits per heavy atom. The average molecular weight is 513 g/mol. The Labute approximate surface area is 218 Å². The van der Waals surface area contributed by atoms with E-state index in [-0.39, 0.29) is 6.42 Å². The molecule has 0 aliphatic carbocycles. The number of carbonyl (C=O) groups is 1. The second kappa shape index (κ2) is 10.9. The largest absolute Gasteiger partial charge is 0.371 e. The van der Waals surface area contributed by atoms with Gasteiger partial charge < -0.3 is 38.0 Å². The lowest BCUT2D eigenvalue weighted by Crippen LogP contribution is -2.59. The van der Waals surface area contributed by atoms with Gasteiger partial charge in [0.25, 0.3) is 0 Å². The minimum Gasteiger partial charge on any atom is -0.371 e. The number of rotatable bonds is 10. The van der Waals surface area contributed by atoms with E-state index in [1.165, 1.54) is 0 Å². The molecule has 5 rings (SSSR count). The van der Waals surface area contributed by atoms with Crippen LogP contribution >= 0.6 is 0 Å². The zero-order valence-electron chi connectivity index (χ0n) is 21.8. The molecule has 0 unspecified atom stereocenters. The van der Waals surface area contributed by atoms with Crippen molar-refractivity contribution in [3.05, 3.63) is 71.8 Å². The first kappa shape index (κ1) is 26.4.